The van der Waals surface area contributed by atoms with Crippen LogP contribution in [0.25, 0.3) is 0 Å². The third-order valence-corrected chi connectivity index (χ3v) is 7.07. The van der Waals surface area contributed by atoms with Gasteiger partial charge in [-0.05, 0) is 18.8 Å². The molecule has 0 bridgehead atoms. The summed E-state index contributed by atoms with van der Waals surface area (Å²) >= 11 is 0. The molecule has 26 heavy (non-hydrogen) atoms. The minimum Gasteiger partial charge on any atom is -0.378 e. The van der Waals surface area contributed by atoms with Crippen molar-refractivity contribution >= 4 is 27.4 Å². The van der Waals surface area contributed by atoms with E-state index in [4.69, 9.17) is 4.74 Å². The second kappa shape index (κ2) is 7.64. The SMILES string of the molecule is CC(C)[C@@H]1OCC[C@H]1CNC(=O)C1=NN([C@H]2CCS(=O)(=O)C2)C(=O)CC1. The molecule has 1 N–H and O–H groups in total. The van der Waals surface area contributed by atoms with Crippen molar-refractivity contribution in [2.75, 3.05) is 24.7 Å². The summed E-state index contributed by atoms with van der Waals surface area (Å²) in [6.45, 7) is 5.44. The quantitative estimate of drug-likeness (QED) is 0.734. The highest BCUT2D eigenvalue weighted by molar-refractivity contribution is 7.91. The Morgan fingerprint density at radius 3 is 2.77 bits per heavy atom. The van der Waals surface area contributed by atoms with Crippen molar-refractivity contribution in [1.82, 2.24) is 10.3 Å². The van der Waals surface area contributed by atoms with E-state index in [2.05, 4.69) is 24.3 Å². The molecule has 3 atom stereocenters. The van der Waals surface area contributed by atoms with Gasteiger partial charge < -0.3 is 10.1 Å². The molecule has 9 heteroatoms. The Balaban J connectivity index is 1.61. The van der Waals surface area contributed by atoms with E-state index in [-0.39, 0.29) is 48.2 Å². The molecule has 146 valence electrons. The van der Waals surface area contributed by atoms with Crippen LogP contribution in [0, 0.1) is 11.8 Å². The van der Waals surface area contributed by atoms with Gasteiger partial charge in [0.15, 0.2) is 9.84 Å². The molecule has 0 aromatic heterocycles. The molecule has 2 fully saturated rings. The van der Waals surface area contributed by atoms with Gasteiger partial charge in [-0.15, -0.1) is 0 Å². The van der Waals surface area contributed by atoms with Gasteiger partial charge in [0.1, 0.15) is 5.71 Å². The summed E-state index contributed by atoms with van der Waals surface area (Å²) in [5.41, 5.74) is 0.300. The summed E-state index contributed by atoms with van der Waals surface area (Å²) in [4.78, 5) is 24.6. The van der Waals surface area contributed by atoms with Crippen LogP contribution in [0.4, 0.5) is 0 Å². The molecule has 0 aliphatic carbocycles. The molecule has 0 aromatic rings. The van der Waals surface area contributed by atoms with Crippen LogP contribution in [0.1, 0.15) is 39.5 Å². The number of carbonyl (C=O) groups is 2. The lowest BCUT2D eigenvalue weighted by molar-refractivity contribution is -0.133. The zero-order chi connectivity index (χ0) is 18.9. The van der Waals surface area contributed by atoms with Gasteiger partial charge in [0.05, 0.1) is 23.7 Å². The molecule has 2 amide bonds. The first kappa shape index (κ1) is 19.3. The van der Waals surface area contributed by atoms with E-state index in [1.54, 1.807) is 0 Å². The Morgan fingerprint density at radius 2 is 2.12 bits per heavy atom. The molecule has 0 aromatic carbocycles. The molecule has 0 radical (unpaired) electrons. The maximum absolute atomic E-state index is 12.5. The summed E-state index contributed by atoms with van der Waals surface area (Å²) in [6, 6.07) is -0.454. The Bertz CT molecular complexity index is 703. The van der Waals surface area contributed by atoms with Crippen molar-refractivity contribution in [1.29, 1.82) is 0 Å². The highest BCUT2D eigenvalue weighted by Gasteiger charge is 2.37. The lowest BCUT2D eigenvalue weighted by Gasteiger charge is -2.28. The normalized spacial score (nSPS) is 31.3. The molecule has 3 rings (SSSR count). The Labute approximate surface area is 154 Å². The van der Waals surface area contributed by atoms with Crippen LogP contribution in [0.15, 0.2) is 5.10 Å². The van der Waals surface area contributed by atoms with E-state index in [0.717, 1.165) is 6.42 Å². The lowest BCUT2D eigenvalue weighted by Crippen LogP contribution is -2.45. The number of rotatable bonds is 5. The summed E-state index contributed by atoms with van der Waals surface area (Å²) in [6.07, 6.45) is 1.91. The molecular formula is C17H27N3O5S. The Kier molecular flexibility index (Phi) is 5.67. The van der Waals surface area contributed by atoms with Gasteiger partial charge in [0, 0.05) is 31.9 Å². The summed E-state index contributed by atoms with van der Waals surface area (Å²) in [5.74, 6) is 0.166. The van der Waals surface area contributed by atoms with E-state index in [1.165, 1.54) is 5.01 Å². The summed E-state index contributed by atoms with van der Waals surface area (Å²) in [5, 5.41) is 8.34. The van der Waals surface area contributed by atoms with Gasteiger partial charge in [-0.3, -0.25) is 9.59 Å². The molecular weight excluding hydrogens is 358 g/mol. The van der Waals surface area contributed by atoms with Crippen molar-refractivity contribution in [3.8, 4) is 0 Å². The van der Waals surface area contributed by atoms with Crippen LogP contribution < -0.4 is 5.32 Å². The molecule has 3 heterocycles. The number of amides is 2. The largest absolute Gasteiger partial charge is 0.378 e. The first-order valence-corrected chi connectivity index (χ1v) is 11.1. The standard InChI is InChI=1S/C17H27N3O5S/c1-11(2)16-12(5-7-25-16)9-18-17(22)14-3-4-15(21)20(19-14)13-6-8-26(23,24)10-13/h11-13,16H,3-10H2,1-2H3,(H,18,22)/t12-,13-,16-/m0/s1. The number of carbonyl (C=O) groups excluding carboxylic acids is 2. The van der Waals surface area contributed by atoms with Gasteiger partial charge >= 0.3 is 0 Å². The minimum atomic E-state index is -3.12. The molecule has 0 saturated carbocycles. The highest BCUT2D eigenvalue weighted by Crippen LogP contribution is 2.26. The van der Waals surface area contributed by atoms with Crippen LogP contribution in [0.2, 0.25) is 0 Å². The van der Waals surface area contributed by atoms with E-state index in [9.17, 15) is 18.0 Å². The molecule has 8 nitrogen and oxygen atoms in total. The third-order valence-electron chi connectivity index (χ3n) is 5.32. The number of hydrogen-bond acceptors (Lipinski definition) is 6. The van der Waals surface area contributed by atoms with Crippen LogP contribution in [-0.2, 0) is 24.2 Å². The van der Waals surface area contributed by atoms with Crippen LogP contribution >= 0.6 is 0 Å². The molecule has 2 saturated heterocycles. The molecule has 3 aliphatic heterocycles. The third kappa shape index (κ3) is 4.25. The van der Waals surface area contributed by atoms with Crippen LogP contribution in [0.5, 0.6) is 0 Å². The molecule has 3 aliphatic rings. The first-order chi connectivity index (χ1) is 12.3. The highest BCUT2D eigenvalue weighted by atomic mass is 32.2. The van der Waals surface area contributed by atoms with Gasteiger partial charge in [-0.25, -0.2) is 13.4 Å². The van der Waals surface area contributed by atoms with Gasteiger partial charge in [-0.2, -0.15) is 5.10 Å². The van der Waals surface area contributed by atoms with Gasteiger partial charge in [-0.1, -0.05) is 13.8 Å². The van der Waals surface area contributed by atoms with Crippen LogP contribution in [-0.4, -0.2) is 67.8 Å². The summed E-state index contributed by atoms with van der Waals surface area (Å²) in [7, 11) is -3.12. The number of nitrogens with zero attached hydrogens (tertiary/aromatic N) is 2. The second-order valence-corrected chi connectivity index (χ2v) is 9.91. The fourth-order valence-electron chi connectivity index (χ4n) is 3.92. The average molecular weight is 385 g/mol. The maximum atomic E-state index is 12.5. The van der Waals surface area contributed by atoms with E-state index in [0.29, 0.717) is 31.2 Å². The Morgan fingerprint density at radius 1 is 1.35 bits per heavy atom. The minimum absolute atomic E-state index is 0.0662. The van der Waals surface area contributed by atoms with Crippen molar-refractivity contribution < 1.29 is 22.7 Å². The topological polar surface area (TPSA) is 105 Å². The molecule has 0 spiro atoms. The molecule has 0 unspecified atom stereocenters. The first-order valence-electron chi connectivity index (χ1n) is 9.26. The second-order valence-electron chi connectivity index (χ2n) is 7.68. The fraction of sp³-hybridized carbons (Fsp3) is 0.824. The number of sulfone groups is 1. The lowest BCUT2D eigenvalue weighted by atomic mass is 9.93. The van der Waals surface area contributed by atoms with Crippen molar-refractivity contribution in [3.05, 3.63) is 0 Å². The average Bonchev–Trinajstić information content (AvgIpc) is 3.19. The summed E-state index contributed by atoms with van der Waals surface area (Å²) < 4.78 is 29.1. The number of hydrogen-bond donors (Lipinski definition) is 1. The monoisotopic (exact) mass is 385 g/mol. The number of ether oxygens (including phenoxy) is 1. The zero-order valence-corrected chi connectivity index (χ0v) is 16.1. The van der Waals surface area contributed by atoms with Crippen molar-refractivity contribution in [2.45, 2.75) is 51.7 Å². The van der Waals surface area contributed by atoms with Crippen molar-refractivity contribution in [3.63, 3.8) is 0 Å². The van der Waals surface area contributed by atoms with Crippen LogP contribution in [0.3, 0.4) is 0 Å². The van der Waals surface area contributed by atoms with Gasteiger partial charge in [0.2, 0.25) is 5.91 Å². The number of nitrogens with one attached hydrogen (secondary N) is 1. The predicted octanol–water partition coefficient (Wildman–Crippen LogP) is 0.329. The Hall–Kier alpha value is -1.48. The number of hydrazone groups is 1. The predicted molar refractivity (Wildman–Crippen MR) is 96.3 cm³/mol. The maximum Gasteiger partial charge on any atom is 0.267 e. The zero-order valence-electron chi connectivity index (χ0n) is 15.3. The van der Waals surface area contributed by atoms with E-state index in [1.807, 2.05) is 0 Å². The van der Waals surface area contributed by atoms with Crippen molar-refractivity contribution in [2.24, 2.45) is 16.9 Å². The van der Waals surface area contributed by atoms with E-state index < -0.39 is 15.9 Å². The fourth-order valence-corrected chi connectivity index (χ4v) is 5.62. The van der Waals surface area contributed by atoms with E-state index >= 15 is 0 Å². The van der Waals surface area contributed by atoms with Gasteiger partial charge in [0.25, 0.3) is 5.91 Å². The smallest absolute Gasteiger partial charge is 0.267 e.